The predicted octanol–water partition coefficient (Wildman–Crippen LogP) is 2.07. The second kappa shape index (κ2) is 4.89. The van der Waals surface area contributed by atoms with E-state index in [-0.39, 0.29) is 5.41 Å². The topological polar surface area (TPSA) is 53.6 Å². The molecular weight excluding hydrogens is 212 g/mol. The van der Waals surface area contributed by atoms with Crippen molar-refractivity contribution in [1.29, 1.82) is 5.26 Å². The number of nitrogens with one attached hydrogen (secondary N) is 1. The number of hydrogen-bond donors (Lipinski definition) is 1. The van der Waals surface area contributed by atoms with Gasteiger partial charge >= 0.3 is 0 Å². The van der Waals surface area contributed by atoms with Crippen molar-refractivity contribution in [2.45, 2.75) is 52.2 Å². The van der Waals surface area contributed by atoms with Crippen LogP contribution < -0.4 is 5.32 Å². The molecule has 92 valence electrons. The molecule has 0 amide bonds. The third-order valence-electron chi connectivity index (χ3n) is 3.39. The van der Waals surface area contributed by atoms with Crippen LogP contribution in [0.4, 0.5) is 0 Å². The maximum atomic E-state index is 8.83. The van der Waals surface area contributed by atoms with Crippen LogP contribution in [-0.4, -0.2) is 15.6 Å². The Balaban J connectivity index is 1.97. The van der Waals surface area contributed by atoms with E-state index in [0.29, 0.717) is 12.5 Å². The fraction of sp³-hybridized carbons (Fsp3) is 0.692. The zero-order chi connectivity index (χ0) is 12.3. The number of nitriles is 1. The van der Waals surface area contributed by atoms with E-state index in [0.717, 1.165) is 18.9 Å². The minimum absolute atomic E-state index is 0.238. The zero-order valence-electron chi connectivity index (χ0n) is 10.6. The van der Waals surface area contributed by atoms with Gasteiger partial charge in [0.15, 0.2) is 0 Å². The van der Waals surface area contributed by atoms with E-state index in [4.69, 9.17) is 5.26 Å². The fourth-order valence-corrected chi connectivity index (χ4v) is 2.04. The Bertz CT molecular complexity index is 409. The predicted molar refractivity (Wildman–Crippen MR) is 66.1 cm³/mol. The Hall–Kier alpha value is -1.34. The molecule has 1 aliphatic rings. The Morgan fingerprint density at radius 1 is 1.59 bits per heavy atom. The Kier molecular flexibility index (Phi) is 3.49. The summed E-state index contributed by atoms with van der Waals surface area (Å²) in [7, 11) is 0. The van der Waals surface area contributed by atoms with Crippen LogP contribution >= 0.6 is 0 Å². The average Bonchev–Trinajstić information content (AvgIpc) is 2.88. The number of aromatic nitrogens is 2. The van der Waals surface area contributed by atoms with E-state index in [1.54, 1.807) is 0 Å². The first-order valence-corrected chi connectivity index (χ1v) is 6.26. The van der Waals surface area contributed by atoms with E-state index in [2.05, 4.69) is 34.8 Å². The number of hydrogen-bond acceptors (Lipinski definition) is 3. The number of rotatable bonds is 6. The van der Waals surface area contributed by atoms with Crippen LogP contribution in [0, 0.1) is 16.7 Å². The summed E-state index contributed by atoms with van der Waals surface area (Å²) in [4.78, 5) is 4.38. The molecule has 2 rings (SSSR count). The molecule has 4 heteroatoms. The van der Waals surface area contributed by atoms with Gasteiger partial charge in [-0.25, -0.2) is 4.98 Å². The van der Waals surface area contributed by atoms with Gasteiger partial charge in [-0.15, -0.1) is 0 Å². The Morgan fingerprint density at radius 3 is 2.94 bits per heavy atom. The molecule has 4 nitrogen and oxygen atoms in total. The summed E-state index contributed by atoms with van der Waals surface area (Å²) in [6.07, 6.45) is 6.89. The molecule has 0 radical (unpaired) electrons. The van der Waals surface area contributed by atoms with Crippen molar-refractivity contribution in [2.24, 2.45) is 5.41 Å². The van der Waals surface area contributed by atoms with Crippen LogP contribution in [0.2, 0.25) is 0 Å². The van der Waals surface area contributed by atoms with Gasteiger partial charge in [-0.2, -0.15) is 5.26 Å². The molecule has 0 spiro atoms. The fourth-order valence-electron chi connectivity index (χ4n) is 2.04. The number of imidazole rings is 1. The largest absolute Gasteiger partial charge is 0.333 e. The molecule has 0 atom stereocenters. The highest BCUT2D eigenvalue weighted by atomic mass is 15.1. The Morgan fingerprint density at radius 2 is 2.35 bits per heavy atom. The van der Waals surface area contributed by atoms with Crippen LogP contribution in [0.3, 0.4) is 0 Å². The van der Waals surface area contributed by atoms with E-state index in [9.17, 15) is 0 Å². The first kappa shape index (κ1) is 12.1. The lowest BCUT2D eigenvalue weighted by atomic mass is 10.0. The second-order valence-corrected chi connectivity index (χ2v) is 5.34. The molecule has 0 aliphatic heterocycles. The van der Waals surface area contributed by atoms with Gasteiger partial charge in [0.2, 0.25) is 0 Å². The molecular formula is C13H20N4. The maximum absolute atomic E-state index is 8.83. The van der Waals surface area contributed by atoms with Crippen molar-refractivity contribution in [3.05, 3.63) is 18.2 Å². The summed E-state index contributed by atoms with van der Waals surface area (Å²) in [5, 5.41) is 12.2. The SMILES string of the molecule is CC(C)NCc1nccn1CC1(CC#N)CC1. The summed E-state index contributed by atoms with van der Waals surface area (Å²) in [6.45, 7) is 6.00. The summed E-state index contributed by atoms with van der Waals surface area (Å²) in [6, 6.07) is 2.77. The van der Waals surface area contributed by atoms with Crippen LogP contribution in [0.1, 0.15) is 38.9 Å². The molecule has 1 aromatic rings. The Labute approximate surface area is 103 Å². The van der Waals surface area contributed by atoms with Gasteiger partial charge in [-0.1, -0.05) is 13.8 Å². The van der Waals surface area contributed by atoms with Crippen molar-refractivity contribution in [3.8, 4) is 6.07 Å². The first-order chi connectivity index (χ1) is 8.15. The molecule has 0 aromatic carbocycles. The van der Waals surface area contributed by atoms with E-state index in [1.807, 2.05) is 12.4 Å². The summed E-state index contributed by atoms with van der Waals surface area (Å²) in [5.74, 6) is 1.07. The first-order valence-electron chi connectivity index (χ1n) is 6.26. The third kappa shape index (κ3) is 3.07. The van der Waals surface area contributed by atoms with Crippen LogP contribution in [0.5, 0.6) is 0 Å². The highest BCUT2D eigenvalue weighted by Crippen LogP contribution is 2.50. The molecule has 0 saturated heterocycles. The van der Waals surface area contributed by atoms with E-state index >= 15 is 0 Å². The average molecular weight is 232 g/mol. The van der Waals surface area contributed by atoms with Crippen molar-refractivity contribution < 1.29 is 0 Å². The summed E-state index contributed by atoms with van der Waals surface area (Å²) >= 11 is 0. The van der Waals surface area contributed by atoms with Crippen LogP contribution in [0.25, 0.3) is 0 Å². The summed E-state index contributed by atoms with van der Waals surface area (Å²) < 4.78 is 2.19. The van der Waals surface area contributed by atoms with Gasteiger partial charge in [0.25, 0.3) is 0 Å². The lowest BCUT2D eigenvalue weighted by Crippen LogP contribution is -2.25. The molecule has 1 heterocycles. The molecule has 1 aromatic heterocycles. The molecule has 1 aliphatic carbocycles. The van der Waals surface area contributed by atoms with E-state index in [1.165, 1.54) is 12.8 Å². The van der Waals surface area contributed by atoms with Crippen molar-refractivity contribution in [3.63, 3.8) is 0 Å². The minimum atomic E-state index is 0.238. The summed E-state index contributed by atoms with van der Waals surface area (Å²) in [5.41, 5.74) is 0.238. The lowest BCUT2D eigenvalue weighted by molar-refractivity contribution is 0.415. The zero-order valence-corrected chi connectivity index (χ0v) is 10.6. The monoisotopic (exact) mass is 232 g/mol. The van der Waals surface area contributed by atoms with Crippen LogP contribution in [-0.2, 0) is 13.1 Å². The standard InChI is InChI=1S/C13H20N4/c1-11(2)16-9-12-15-7-8-17(12)10-13(3-4-13)5-6-14/h7-8,11,16H,3-5,9-10H2,1-2H3. The normalized spacial score (nSPS) is 17.1. The molecule has 1 fully saturated rings. The quantitative estimate of drug-likeness (QED) is 0.817. The third-order valence-corrected chi connectivity index (χ3v) is 3.39. The van der Waals surface area contributed by atoms with E-state index < -0.39 is 0 Å². The molecule has 17 heavy (non-hydrogen) atoms. The van der Waals surface area contributed by atoms with Crippen molar-refractivity contribution in [1.82, 2.24) is 14.9 Å². The van der Waals surface area contributed by atoms with Gasteiger partial charge in [0, 0.05) is 36.8 Å². The molecule has 1 N–H and O–H groups in total. The van der Waals surface area contributed by atoms with Gasteiger partial charge < -0.3 is 9.88 Å². The van der Waals surface area contributed by atoms with Gasteiger partial charge in [-0.3, -0.25) is 0 Å². The smallest absolute Gasteiger partial charge is 0.122 e. The molecule has 1 saturated carbocycles. The highest BCUT2D eigenvalue weighted by Gasteiger charge is 2.42. The molecule has 0 unspecified atom stereocenters. The van der Waals surface area contributed by atoms with Gasteiger partial charge in [0.1, 0.15) is 5.82 Å². The number of nitrogens with zero attached hydrogens (tertiary/aromatic N) is 3. The second-order valence-electron chi connectivity index (χ2n) is 5.34. The van der Waals surface area contributed by atoms with Crippen LogP contribution in [0.15, 0.2) is 12.4 Å². The minimum Gasteiger partial charge on any atom is -0.333 e. The highest BCUT2D eigenvalue weighted by molar-refractivity contribution is 5.02. The van der Waals surface area contributed by atoms with Crippen molar-refractivity contribution in [2.75, 3.05) is 0 Å². The molecule has 0 bridgehead atoms. The van der Waals surface area contributed by atoms with Gasteiger partial charge in [0.05, 0.1) is 12.6 Å². The maximum Gasteiger partial charge on any atom is 0.122 e. The van der Waals surface area contributed by atoms with Crippen molar-refractivity contribution >= 4 is 0 Å². The lowest BCUT2D eigenvalue weighted by Gasteiger charge is -2.15. The van der Waals surface area contributed by atoms with Gasteiger partial charge in [-0.05, 0) is 12.8 Å².